The number of fused-ring (bicyclic) bond motifs is 1. The molecule has 0 bridgehead atoms. The highest BCUT2D eigenvalue weighted by molar-refractivity contribution is 5.73. The summed E-state index contributed by atoms with van der Waals surface area (Å²) in [5.74, 6) is 0.235. The van der Waals surface area contributed by atoms with E-state index < -0.39 is 0 Å². The van der Waals surface area contributed by atoms with Crippen LogP contribution in [-0.4, -0.2) is 47.4 Å². The van der Waals surface area contributed by atoms with E-state index >= 15 is 0 Å². The van der Waals surface area contributed by atoms with Crippen LogP contribution in [0.15, 0.2) is 0 Å². The Bertz CT molecular complexity index is 217. The molecule has 2 saturated heterocycles. The molecule has 0 aromatic carbocycles. The topological polar surface area (TPSA) is 23.6 Å². The van der Waals surface area contributed by atoms with Gasteiger partial charge in [0.25, 0.3) is 0 Å². The van der Waals surface area contributed by atoms with Crippen molar-refractivity contribution >= 4 is 5.91 Å². The summed E-state index contributed by atoms with van der Waals surface area (Å²) in [5.41, 5.74) is 0. The molecule has 3 nitrogen and oxygen atoms in total. The fourth-order valence-corrected chi connectivity index (χ4v) is 2.59. The van der Waals surface area contributed by atoms with Gasteiger partial charge in [0.1, 0.15) is 0 Å². The molecule has 0 saturated carbocycles. The molecule has 1 amide bonds. The maximum absolute atomic E-state index is 11.2. The van der Waals surface area contributed by atoms with Crippen molar-refractivity contribution < 1.29 is 4.79 Å². The zero-order valence-corrected chi connectivity index (χ0v) is 8.49. The minimum atomic E-state index is 0.235. The number of rotatable bonds is 0. The van der Waals surface area contributed by atoms with E-state index in [1.165, 1.54) is 12.8 Å². The zero-order valence-electron chi connectivity index (χ0n) is 8.49. The van der Waals surface area contributed by atoms with E-state index in [2.05, 4.69) is 11.8 Å². The average Bonchev–Trinajstić information content (AvgIpc) is 2.47. The van der Waals surface area contributed by atoms with Gasteiger partial charge in [0, 0.05) is 38.6 Å². The van der Waals surface area contributed by atoms with E-state index in [0.717, 1.165) is 25.7 Å². The standard InChI is InChI=1S/C10H18N2O/c1-8-3-4-10-7-11(9(2)13)5-6-12(8)10/h8,10H,3-7H2,1-2H3. The number of nitrogens with zero attached hydrogens (tertiary/aromatic N) is 2. The van der Waals surface area contributed by atoms with Gasteiger partial charge >= 0.3 is 0 Å². The molecule has 74 valence electrons. The van der Waals surface area contributed by atoms with E-state index in [1.54, 1.807) is 6.92 Å². The Hall–Kier alpha value is -0.570. The van der Waals surface area contributed by atoms with Crippen LogP contribution >= 0.6 is 0 Å². The van der Waals surface area contributed by atoms with Gasteiger partial charge in [0.2, 0.25) is 5.91 Å². The van der Waals surface area contributed by atoms with Crippen LogP contribution in [0.4, 0.5) is 0 Å². The first-order chi connectivity index (χ1) is 6.18. The lowest BCUT2D eigenvalue weighted by Crippen LogP contribution is -2.53. The molecule has 2 aliphatic rings. The molecule has 3 heteroatoms. The summed E-state index contributed by atoms with van der Waals surface area (Å²) >= 11 is 0. The lowest BCUT2D eigenvalue weighted by Gasteiger charge is -2.38. The van der Waals surface area contributed by atoms with Gasteiger partial charge < -0.3 is 4.90 Å². The lowest BCUT2D eigenvalue weighted by atomic mass is 10.1. The number of hydrogen-bond donors (Lipinski definition) is 0. The third kappa shape index (κ3) is 1.57. The lowest BCUT2D eigenvalue weighted by molar-refractivity contribution is -0.131. The van der Waals surface area contributed by atoms with Crippen molar-refractivity contribution in [1.82, 2.24) is 9.80 Å². The van der Waals surface area contributed by atoms with E-state index in [-0.39, 0.29) is 5.91 Å². The fourth-order valence-electron chi connectivity index (χ4n) is 2.59. The second-order valence-electron chi connectivity index (χ2n) is 4.28. The molecule has 2 unspecified atom stereocenters. The Morgan fingerprint density at radius 2 is 2.08 bits per heavy atom. The van der Waals surface area contributed by atoms with Crippen LogP contribution in [0.2, 0.25) is 0 Å². The quantitative estimate of drug-likeness (QED) is 0.550. The van der Waals surface area contributed by atoms with Crippen LogP contribution < -0.4 is 0 Å². The molecule has 0 N–H and O–H groups in total. The van der Waals surface area contributed by atoms with Gasteiger partial charge in [-0.1, -0.05) is 0 Å². The van der Waals surface area contributed by atoms with Crippen molar-refractivity contribution in [1.29, 1.82) is 0 Å². The van der Waals surface area contributed by atoms with E-state index in [0.29, 0.717) is 6.04 Å². The molecular formula is C10H18N2O. The fraction of sp³-hybridized carbons (Fsp3) is 0.900. The molecule has 0 aliphatic carbocycles. The Balaban J connectivity index is 1.99. The minimum Gasteiger partial charge on any atom is -0.340 e. The molecule has 2 aliphatic heterocycles. The molecule has 0 aromatic heterocycles. The van der Waals surface area contributed by atoms with Gasteiger partial charge in [-0.05, 0) is 19.8 Å². The van der Waals surface area contributed by atoms with Crippen molar-refractivity contribution in [2.45, 2.75) is 38.8 Å². The van der Waals surface area contributed by atoms with Gasteiger partial charge in [-0.15, -0.1) is 0 Å². The van der Waals surface area contributed by atoms with Gasteiger partial charge in [0.05, 0.1) is 0 Å². The monoisotopic (exact) mass is 182 g/mol. The SMILES string of the molecule is CC(=O)N1CCN2C(C)CCC2C1. The van der Waals surface area contributed by atoms with Crippen LogP contribution in [0.25, 0.3) is 0 Å². The zero-order chi connectivity index (χ0) is 9.42. The number of hydrogen-bond acceptors (Lipinski definition) is 2. The van der Waals surface area contributed by atoms with Crippen molar-refractivity contribution in [3.63, 3.8) is 0 Å². The molecule has 2 rings (SSSR count). The van der Waals surface area contributed by atoms with Gasteiger partial charge in [-0.2, -0.15) is 0 Å². The summed E-state index contributed by atoms with van der Waals surface area (Å²) in [7, 11) is 0. The summed E-state index contributed by atoms with van der Waals surface area (Å²) in [4.78, 5) is 15.7. The Labute approximate surface area is 79.7 Å². The summed E-state index contributed by atoms with van der Waals surface area (Å²) in [6.45, 7) is 6.93. The van der Waals surface area contributed by atoms with E-state index in [4.69, 9.17) is 0 Å². The van der Waals surface area contributed by atoms with Crippen molar-refractivity contribution in [3.8, 4) is 0 Å². The molecular weight excluding hydrogens is 164 g/mol. The van der Waals surface area contributed by atoms with Gasteiger partial charge in [0.15, 0.2) is 0 Å². The van der Waals surface area contributed by atoms with Crippen LogP contribution in [0.1, 0.15) is 26.7 Å². The van der Waals surface area contributed by atoms with E-state index in [9.17, 15) is 4.79 Å². The molecule has 0 radical (unpaired) electrons. The summed E-state index contributed by atoms with van der Waals surface area (Å²) in [6.07, 6.45) is 2.57. The number of piperazine rings is 1. The summed E-state index contributed by atoms with van der Waals surface area (Å²) < 4.78 is 0. The van der Waals surface area contributed by atoms with Crippen molar-refractivity contribution in [2.24, 2.45) is 0 Å². The van der Waals surface area contributed by atoms with E-state index in [1.807, 2.05) is 4.90 Å². The Kier molecular flexibility index (Phi) is 2.28. The maximum atomic E-state index is 11.2. The third-order valence-electron chi connectivity index (χ3n) is 3.46. The van der Waals surface area contributed by atoms with Crippen molar-refractivity contribution in [2.75, 3.05) is 19.6 Å². The van der Waals surface area contributed by atoms with Crippen LogP contribution in [0, 0.1) is 0 Å². The molecule has 2 heterocycles. The number of carbonyl (C=O) groups is 1. The number of amides is 1. The molecule has 2 atom stereocenters. The van der Waals surface area contributed by atoms with Gasteiger partial charge in [-0.25, -0.2) is 0 Å². The Morgan fingerprint density at radius 3 is 2.77 bits per heavy atom. The predicted molar refractivity (Wildman–Crippen MR) is 51.4 cm³/mol. The van der Waals surface area contributed by atoms with Crippen LogP contribution in [0.3, 0.4) is 0 Å². The normalized spacial score (nSPS) is 34.8. The smallest absolute Gasteiger partial charge is 0.219 e. The van der Waals surface area contributed by atoms with Crippen LogP contribution in [-0.2, 0) is 4.79 Å². The second kappa shape index (κ2) is 3.29. The first-order valence-electron chi connectivity index (χ1n) is 5.19. The highest BCUT2D eigenvalue weighted by Crippen LogP contribution is 2.26. The average molecular weight is 182 g/mol. The molecule has 0 aromatic rings. The van der Waals surface area contributed by atoms with Crippen LogP contribution in [0.5, 0.6) is 0 Å². The third-order valence-corrected chi connectivity index (χ3v) is 3.46. The Morgan fingerprint density at radius 1 is 1.31 bits per heavy atom. The molecule has 2 fully saturated rings. The second-order valence-corrected chi connectivity index (χ2v) is 4.28. The minimum absolute atomic E-state index is 0.235. The molecule has 0 spiro atoms. The first-order valence-corrected chi connectivity index (χ1v) is 5.19. The summed E-state index contributed by atoms with van der Waals surface area (Å²) in [6, 6.07) is 1.38. The van der Waals surface area contributed by atoms with Crippen molar-refractivity contribution in [3.05, 3.63) is 0 Å². The van der Waals surface area contributed by atoms with Gasteiger partial charge in [-0.3, -0.25) is 9.69 Å². The largest absolute Gasteiger partial charge is 0.340 e. The highest BCUT2D eigenvalue weighted by atomic mass is 16.2. The number of carbonyl (C=O) groups excluding carboxylic acids is 1. The first kappa shape index (κ1) is 9.00. The highest BCUT2D eigenvalue weighted by Gasteiger charge is 2.35. The maximum Gasteiger partial charge on any atom is 0.219 e. The summed E-state index contributed by atoms with van der Waals surface area (Å²) in [5, 5.41) is 0. The molecule has 13 heavy (non-hydrogen) atoms. The predicted octanol–water partition coefficient (Wildman–Crippen LogP) is 0.701.